The first-order valence-electron chi connectivity index (χ1n) is 9.18. The fourth-order valence-corrected chi connectivity index (χ4v) is 3.40. The third kappa shape index (κ3) is 3.49. The van der Waals surface area contributed by atoms with Gasteiger partial charge in [-0.05, 0) is 12.5 Å². The highest BCUT2D eigenvalue weighted by atomic mass is 16.2. The van der Waals surface area contributed by atoms with Crippen LogP contribution >= 0.6 is 0 Å². The molecule has 6 heteroatoms. The smallest absolute Gasteiger partial charge is 0.272 e. The zero-order valence-electron chi connectivity index (χ0n) is 15.7. The van der Waals surface area contributed by atoms with Crippen molar-refractivity contribution < 1.29 is 9.59 Å². The van der Waals surface area contributed by atoms with Gasteiger partial charge < -0.3 is 9.80 Å². The molecule has 0 aliphatic carbocycles. The van der Waals surface area contributed by atoms with Gasteiger partial charge in [0.05, 0.1) is 5.69 Å². The van der Waals surface area contributed by atoms with Crippen molar-refractivity contribution in [3.05, 3.63) is 42.1 Å². The lowest BCUT2D eigenvalue weighted by Crippen LogP contribution is -2.57. The van der Waals surface area contributed by atoms with Gasteiger partial charge in [-0.1, -0.05) is 50.1 Å². The molecule has 6 nitrogen and oxygen atoms in total. The van der Waals surface area contributed by atoms with E-state index in [-0.39, 0.29) is 17.9 Å². The number of carbonyl (C=O) groups excluding carboxylic acids is 2. The third-order valence-electron chi connectivity index (χ3n) is 4.97. The van der Waals surface area contributed by atoms with E-state index in [1.807, 2.05) is 36.4 Å². The van der Waals surface area contributed by atoms with Crippen LogP contribution in [0.4, 0.5) is 0 Å². The maximum Gasteiger partial charge on any atom is 0.272 e. The van der Waals surface area contributed by atoms with Crippen LogP contribution in [0.1, 0.15) is 36.7 Å². The lowest BCUT2D eigenvalue weighted by Gasteiger charge is -2.39. The summed E-state index contributed by atoms with van der Waals surface area (Å²) in [5, 5.41) is 4.49. The van der Waals surface area contributed by atoms with Crippen LogP contribution in [0.25, 0.3) is 11.3 Å². The number of rotatable bonds is 5. The molecule has 0 bridgehead atoms. The van der Waals surface area contributed by atoms with Crippen molar-refractivity contribution in [2.24, 2.45) is 7.05 Å². The Balaban J connectivity index is 1.87. The highest BCUT2D eigenvalue weighted by Gasteiger charge is 2.36. The van der Waals surface area contributed by atoms with Crippen LogP contribution in [0.15, 0.2) is 36.4 Å². The highest BCUT2D eigenvalue weighted by molar-refractivity contribution is 5.97. The fourth-order valence-electron chi connectivity index (χ4n) is 3.40. The summed E-state index contributed by atoms with van der Waals surface area (Å²) >= 11 is 0. The van der Waals surface area contributed by atoms with Crippen molar-refractivity contribution >= 4 is 11.8 Å². The quantitative estimate of drug-likeness (QED) is 0.829. The van der Waals surface area contributed by atoms with Gasteiger partial charge in [-0.2, -0.15) is 5.10 Å². The number of unbranched alkanes of at least 4 members (excludes halogenated alkanes) is 1. The van der Waals surface area contributed by atoms with E-state index in [2.05, 4.69) is 12.0 Å². The molecule has 0 saturated carbocycles. The lowest BCUT2D eigenvalue weighted by atomic mass is 10.0. The molecule has 1 saturated heterocycles. The van der Waals surface area contributed by atoms with E-state index in [4.69, 9.17) is 0 Å². The maximum absolute atomic E-state index is 13.2. The second kappa shape index (κ2) is 7.72. The molecule has 1 fully saturated rings. The summed E-state index contributed by atoms with van der Waals surface area (Å²) in [6.45, 7) is 3.22. The average Bonchev–Trinajstić information content (AvgIpc) is 3.05. The molecule has 1 aromatic heterocycles. The van der Waals surface area contributed by atoms with Crippen LogP contribution in [0.2, 0.25) is 0 Å². The summed E-state index contributed by atoms with van der Waals surface area (Å²) in [6.07, 6.45) is 2.63. The van der Waals surface area contributed by atoms with Gasteiger partial charge in [-0.15, -0.1) is 0 Å². The Hall–Kier alpha value is -2.63. The molecule has 0 spiro atoms. The molecular weight excluding hydrogens is 328 g/mol. The van der Waals surface area contributed by atoms with E-state index in [1.165, 1.54) is 0 Å². The van der Waals surface area contributed by atoms with Crippen molar-refractivity contribution in [3.8, 4) is 11.3 Å². The van der Waals surface area contributed by atoms with Crippen molar-refractivity contribution in [3.63, 3.8) is 0 Å². The number of likely N-dealkylation sites (N-methyl/N-ethyl adjacent to an activating group) is 1. The maximum atomic E-state index is 13.2. The number of nitrogens with zero attached hydrogens (tertiary/aromatic N) is 4. The summed E-state index contributed by atoms with van der Waals surface area (Å²) in [4.78, 5) is 29.2. The van der Waals surface area contributed by atoms with Crippen molar-refractivity contribution in [1.82, 2.24) is 19.6 Å². The van der Waals surface area contributed by atoms with E-state index in [1.54, 1.807) is 28.6 Å². The van der Waals surface area contributed by atoms with Crippen LogP contribution in [0.3, 0.4) is 0 Å². The first kappa shape index (κ1) is 18.2. The molecule has 2 amide bonds. The monoisotopic (exact) mass is 354 g/mol. The van der Waals surface area contributed by atoms with Crippen LogP contribution < -0.4 is 0 Å². The molecular formula is C20H26N4O2. The molecule has 0 radical (unpaired) electrons. The zero-order chi connectivity index (χ0) is 18.7. The second-order valence-electron chi connectivity index (χ2n) is 6.82. The topological polar surface area (TPSA) is 58.4 Å². The van der Waals surface area contributed by atoms with E-state index in [0.717, 1.165) is 24.1 Å². The molecule has 1 atom stereocenters. The standard InChI is InChI=1S/C20H26N4O2/c1-4-5-11-17-19(25)22(2)12-13-24(17)20(26)18-14-16(21-23(18)3)15-9-7-6-8-10-15/h6-10,14,17H,4-5,11-13H2,1-3H3/t17-/m1/s1. The normalized spacial score (nSPS) is 17.7. The Morgan fingerprint density at radius 3 is 2.62 bits per heavy atom. The number of carbonyl (C=O) groups is 2. The SMILES string of the molecule is CCCC[C@@H]1C(=O)N(C)CCN1C(=O)c1cc(-c2ccccc2)nn1C. The number of amides is 2. The molecule has 3 rings (SSSR count). The molecule has 1 aliphatic heterocycles. The summed E-state index contributed by atoms with van der Waals surface area (Å²) < 4.78 is 1.62. The predicted molar refractivity (Wildman–Crippen MR) is 101 cm³/mol. The van der Waals surface area contributed by atoms with Gasteiger partial charge in [0.2, 0.25) is 5.91 Å². The fraction of sp³-hybridized carbons (Fsp3) is 0.450. The van der Waals surface area contributed by atoms with Gasteiger partial charge in [0.1, 0.15) is 11.7 Å². The molecule has 2 aromatic rings. The molecule has 138 valence electrons. The minimum Gasteiger partial charge on any atom is -0.342 e. The van der Waals surface area contributed by atoms with Crippen LogP contribution in [-0.2, 0) is 11.8 Å². The molecule has 0 unspecified atom stereocenters. The Morgan fingerprint density at radius 1 is 1.19 bits per heavy atom. The number of piperazine rings is 1. The zero-order valence-corrected chi connectivity index (χ0v) is 15.7. The first-order valence-corrected chi connectivity index (χ1v) is 9.18. The number of aryl methyl sites for hydroxylation is 1. The molecule has 1 aliphatic rings. The number of hydrogen-bond donors (Lipinski definition) is 0. The highest BCUT2D eigenvalue weighted by Crippen LogP contribution is 2.22. The van der Waals surface area contributed by atoms with Gasteiger partial charge >= 0.3 is 0 Å². The van der Waals surface area contributed by atoms with Crippen LogP contribution in [0.5, 0.6) is 0 Å². The van der Waals surface area contributed by atoms with E-state index < -0.39 is 0 Å². The third-order valence-corrected chi connectivity index (χ3v) is 4.97. The summed E-state index contributed by atoms with van der Waals surface area (Å²) in [5.74, 6) is -0.0896. The number of hydrogen-bond acceptors (Lipinski definition) is 3. The van der Waals surface area contributed by atoms with Gasteiger partial charge in [-0.25, -0.2) is 0 Å². The predicted octanol–water partition coefficient (Wildman–Crippen LogP) is 2.56. The van der Waals surface area contributed by atoms with Crippen LogP contribution in [-0.4, -0.2) is 57.6 Å². The molecule has 1 aromatic carbocycles. The van der Waals surface area contributed by atoms with Crippen molar-refractivity contribution in [2.45, 2.75) is 32.2 Å². The van der Waals surface area contributed by atoms with E-state index >= 15 is 0 Å². The number of aromatic nitrogens is 2. The summed E-state index contributed by atoms with van der Waals surface area (Å²) in [5.41, 5.74) is 2.25. The largest absolute Gasteiger partial charge is 0.342 e. The van der Waals surface area contributed by atoms with Crippen molar-refractivity contribution in [1.29, 1.82) is 0 Å². The Bertz CT molecular complexity index is 784. The second-order valence-corrected chi connectivity index (χ2v) is 6.82. The van der Waals surface area contributed by atoms with E-state index in [9.17, 15) is 9.59 Å². The van der Waals surface area contributed by atoms with Gasteiger partial charge in [0.25, 0.3) is 5.91 Å². The molecule has 2 heterocycles. The Labute approximate surface area is 154 Å². The van der Waals surface area contributed by atoms with Crippen molar-refractivity contribution in [2.75, 3.05) is 20.1 Å². The van der Waals surface area contributed by atoms with Gasteiger partial charge in [0, 0.05) is 32.7 Å². The first-order chi connectivity index (χ1) is 12.5. The lowest BCUT2D eigenvalue weighted by molar-refractivity contribution is -0.138. The van der Waals surface area contributed by atoms with Crippen LogP contribution in [0, 0.1) is 0 Å². The van der Waals surface area contributed by atoms with Gasteiger partial charge in [0.15, 0.2) is 0 Å². The number of benzene rings is 1. The Kier molecular flexibility index (Phi) is 5.40. The molecule has 26 heavy (non-hydrogen) atoms. The molecule has 0 N–H and O–H groups in total. The minimum atomic E-state index is -0.378. The van der Waals surface area contributed by atoms with E-state index in [0.29, 0.717) is 25.2 Å². The minimum absolute atomic E-state index is 0.0310. The average molecular weight is 354 g/mol. The van der Waals surface area contributed by atoms with Gasteiger partial charge in [-0.3, -0.25) is 14.3 Å². The Morgan fingerprint density at radius 2 is 1.92 bits per heavy atom. The summed E-state index contributed by atoms with van der Waals surface area (Å²) in [7, 11) is 3.58. The summed E-state index contributed by atoms with van der Waals surface area (Å²) in [6, 6.07) is 11.2.